The summed E-state index contributed by atoms with van der Waals surface area (Å²) in [4.78, 5) is 12.4. The summed E-state index contributed by atoms with van der Waals surface area (Å²) in [7, 11) is 1.32. The Morgan fingerprint density at radius 3 is 2.66 bits per heavy atom. The van der Waals surface area contributed by atoms with Gasteiger partial charge in [-0.05, 0) is 30.0 Å². The summed E-state index contributed by atoms with van der Waals surface area (Å²) in [6.45, 7) is 0.0666. The number of anilines is 1. The first-order valence-corrected chi connectivity index (χ1v) is 10.5. The van der Waals surface area contributed by atoms with E-state index in [9.17, 15) is 13.6 Å². The van der Waals surface area contributed by atoms with Crippen LogP contribution in [0.5, 0.6) is 5.75 Å². The Bertz CT molecular complexity index is 1160. The maximum atomic E-state index is 14.6. The number of benzene rings is 2. The number of nitrogens with one attached hydrogen (secondary N) is 2. The van der Waals surface area contributed by atoms with Crippen LogP contribution >= 0.6 is 11.6 Å². The number of carbonyl (C=O) groups excluding carboxylic acids is 1. The number of hydrogen-bond acceptors (Lipinski definition) is 6. The number of halogens is 3. The van der Waals surface area contributed by atoms with Gasteiger partial charge >= 0.3 is 6.01 Å². The first-order valence-electron chi connectivity index (χ1n) is 10.1. The van der Waals surface area contributed by atoms with Crippen molar-refractivity contribution in [2.45, 2.75) is 30.2 Å². The molecule has 10 heteroatoms. The molecule has 5 rings (SSSR count). The van der Waals surface area contributed by atoms with Gasteiger partial charge in [0.05, 0.1) is 7.11 Å². The number of amides is 1. The van der Waals surface area contributed by atoms with Crippen molar-refractivity contribution in [3.8, 4) is 5.75 Å². The zero-order valence-corrected chi connectivity index (χ0v) is 17.7. The van der Waals surface area contributed by atoms with Crippen LogP contribution in [-0.2, 0) is 4.79 Å². The fourth-order valence-electron chi connectivity index (χ4n) is 4.24. The van der Waals surface area contributed by atoms with Gasteiger partial charge in [-0.2, -0.15) is 0 Å². The molecule has 3 aromatic rings. The van der Waals surface area contributed by atoms with Crippen LogP contribution in [0.2, 0.25) is 5.02 Å². The summed E-state index contributed by atoms with van der Waals surface area (Å²) in [6, 6.07) is 8.85. The highest BCUT2D eigenvalue weighted by Crippen LogP contribution is 2.54. The molecular weight excluding hydrogens is 442 g/mol. The minimum absolute atomic E-state index is 0.0260. The molecule has 1 saturated heterocycles. The second-order valence-electron chi connectivity index (χ2n) is 7.93. The van der Waals surface area contributed by atoms with Crippen molar-refractivity contribution >= 4 is 23.5 Å². The summed E-state index contributed by atoms with van der Waals surface area (Å²) in [5.41, 5.74) is 0.889. The molecule has 1 amide bonds. The summed E-state index contributed by atoms with van der Waals surface area (Å²) in [5.74, 6) is -2.00. The monoisotopic (exact) mass is 460 g/mol. The Hall–Kier alpha value is -3.20. The van der Waals surface area contributed by atoms with Gasteiger partial charge in [-0.1, -0.05) is 28.8 Å². The highest BCUT2D eigenvalue weighted by atomic mass is 35.5. The van der Waals surface area contributed by atoms with Gasteiger partial charge in [0, 0.05) is 41.1 Å². The third kappa shape index (κ3) is 3.77. The molecule has 1 aromatic heterocycles. The first kappa shape index (κ1) is 20.7. The third-order valence-electron chi connectivity index (χ3n) is 5.94. The van der Waals surface area contributed by atoms with E-state index in [0.29, 0.717) is 10.9 Å². The molecule has 4 atom stereocenters. The Morgan fingerprint density at radius 1 is 1.16 bits per heavy atom. The third-order valence-corrected chi connectivity index (χ3v) is 6.18. The maximum absolute atomic E-state index is 14.6. The van der Waals surface area contributed by atoms with Crippen molar-refractivity contribution in [3.63, 3.8) is 0 Å². The second-order valence-corrected chi connectivity index (χ2v) is 8.36. The van der Waals surface area contributed by atoms with E-state index in [1.807, 2.05) is 24.3 Å². The second kappa shape index (κ2) is 8.05. The topological polar surface area (TPSA) is 89.3 Å². The molecule has 2 unspecified atom stereocenters. The van der Waals surface area contributed by atoms with Crippen LogP contribution < -0.4 is 15.4 Å². The van der Waals surface area contributed by atoms with E-state index in [-0.39, 0.29) is 35.7 Å². The molecule has 7 nitrogen and oxygen atoms in total. The van der Waals surface area contributed by atoms with Gasteiger partial charge in [0.25, 0.3) is 0 Å². The van der Waals surface area contributed by atoms with Gasteiger partial charge < -0.3 is 19.8 Å². The highest BCUT2D eigenvalue weighted by molar-refractivity contribution is 6.30. The summed E-state index contributed by atoms with van der Waals surface area (Å²) in [6.07, 6.45) is 0.844. The average molecular weight is 461 g/mol. The average Bonchev–Trinajstić information content (AvgIpc) is 3.31. The quantitative estimate of drug-likeness (QED) is 0.578. The van der Waals surface area contributed by atoms with Crippen LogP contribution in [0.1, 0.15) is 41.2 Å². The van der Waals surface area contributed by atoms with Gasteiger partial charge in [0.15, 0.2) is 0 Å². The van der Waals surface area contributed by atoms with E-state index in [1.165, 1.54) is 7.11 Å². The molecule has 2 aromatic carbocycles. The first-order chi connectivity index (χ1) is 15.4. The zero-order valence-electron chi connectivity index (χ0n) is 16.9. The number of carbonyl (C=O) groups is 1. The number of hydrogen-bond donors (Lipinski definition) is 2. The fourth-order valence-corrected chi connectivity index (χ4v) is 4.44. The lowest BCUT2D eigenvalue weighted by molar-refractivity contribution is -0.119. The van der Waals surface area contributed by atoms with Crippen LogP contribution in [0.3, 0.4) is 0 Å². The molecule has 32 heavy (non-hydrogen) atoms. The Morgan fingerprint density at radius 2 is 1.94 bits per heavy atom. The van der Waals surface area contributed by atoms with Crippen molar-refractivity contribution in [2.75, 3.05) is 19.0 Å². The zero-order chi connectivity index (χ0) is 22.4. The van der Waals surface area contributed by atoms with Crippen molar-refractivity contribution in [2.24, 2.45) is 0 Å². The SMILES string of the molecule is COc1cc(F)c([C@@H]2CNC(=O)[C@H]2Nc2nnc(C3CC3c3cccc(Cl)c3)o2)c(F)c1. The largest absolute Gasteiger partial charge is 0.497 e. The molecule has 0 bridgehead atoms. The molecule has 2 aliphatic rings. The number of aromatic nitrogens is 2. The lowest BCUT2D eigenvalue weighted by Gasteiger charge is -2.19. The molecule has 1 saturated carbocycles. The number of methoxy groups -OCH3 is 1. The summed E-state index contributed by atoms with van der Waals surface area (Å²) >= 11 is 6.07. The molecular formula is C22H19ClF2N4O3. The van der Waals surface area contributed by atoms with E-state index >= 15 is 0 Å². The van der Waals surface area contributed by atoms with Crippen molar-refractivity contribution in [1.82, 2.24) is 15.5 Å². The standard InChI is InChI=1S/C22H19ClF2N4O3/c1-31-12-6-16(24)18(17(25)7-12)15-9-26-20(30)19(15)27-22-29-28-21(32-22)14-8-13(14)10-3-2-4-11(23)5-10/h2-7,13-15,19H,8-9H2,1H3,(H,26,30)(H,27,29)/t13?,14?,15-,19-/m0/s1. The van der Waals surface area contributed by atoms with E-state index in [1.54, 1.807) is 0 Å². The Labute approximate surface area is 187 Å². The number of rotatable bonds is 6. The molecule has 2 fully saturated rings. The van der Waals surface area contributed by atoms with Crippen LogP contribution in [0.4, 0.5) is 14.8 Å². The van der Waals surface area contributed by atoms with Crippen molar-refractivity contribution in [3.05, 3.63) is 70.1 Å². The maximum Gasteiger partial charge on any atom is 0.316 e. The van der Waals surface area contributed by atoms with E-state index in [4.69, 9.17) is 20.8 Å². The minimum Gasteiger partial charge on any atom is -0.497 e. The van der Waals surface area contributed by atoms with Gasteiger partial charge in [-0.3, -0.25) is 4.79 Å². The highest BCUT2D eigenvalue weighted by Gasteiger charge is 2.44. The van der Waals surface area contributed by atoms with Crippen LogP contribution in [0, 0.1) is 11.6 Å². The van der Waals surface area contributed by atoms with Gasteiger partial charge in [-0.25, -0.2) is 8.78 Å². The molecule has 0 radical (unpaired) electrons. The normalized spacial score (nSPS) is 24.3. The molecule has 2 N–H and O–H groups in total. The molecule has 1 aliphatic heterocycles. The van der Waals surface area contributed by atoms with E-state index in [2.05, 4.69) is 20.8 Å². The van der Waals surface area contributed by atoms with Crippen LogP contribution in [-0.4, -0.2) is 35.8 Å². The fraction of sp³-hybridized carbons (Fsp3) is 0.318. The summed E-state index contributed by atoms with van der Waals surface area (Å²) < 4.78 is 39.8. The molecule has 0 spiro atoms. The molecule has 166 valence electrons. The number of nitrogens with zero attached hydrogens (tertiary/aromatic N) is 2. The van der Waals surface area contributed by atoms with Gasteiger partial charge in [0.1, 0.15) is 23.4 Å². The minimum atomic E-state index is -0.969. The van der Waals surface area contributed by atoms with Crippen molar-refractivity contribution in [1.29, 1.82) is 0 Å². The Kier molecular flexibility index (Phi) is 5.21. The van der Waals surface area contributed by atoms with Gasteiger partial charge in [0.2, 0.25) is 11.8 Å². The smallest absolute Gasteiger partial charge is 0.316 e. The van der Waals surface area contributed by atoms with Gasteiger partial charge in [-0.15, -0.1) is 5.10 Å². The lowest BCUT2D eigenvalue weighted by Crippen LogP contribution is -2.33. The van der Waals surface area contributed by atoms with Crippen LogP contribution in [0.15, 0.2) is 40.8 Å². The Balaban J connectivity index is 1.33. The molecule has 2 heterocycles. The summed E-state index contributed by atoms with van der Waals surface area (Å²) in [5, 5.41) is 14.2. The lowest BCUT2D eigenvalue weighted by atomic mass is 9.93. The predicted octanol–water partition coefficient (Wildman–Crippen LogP) is 3.98. The van der Waals surface area contributed by atoms with E-state index in [0.717, 1.165) is 24.1 Å². The number of ether oxygens (including phenoxy) is 1. The molecule has 1 aliphatic carbocycles. The van der Waals surface area contributed by atoms with E-state index < -0.39 is 29.5 Å². The predicted molar refractivity (Wildman–Crippen MR) is 112 cm³/mol. The van der Waals surface area contributed by atoms with Crippen LogP contribution in [0.25, 0.3) is 0 Å². The van der Waals surface area contributed by atoms with Crippen molar-refractivity contribution < 1.29 is 22.7 Å².